The summed E-state index contributed by atoms with van der Waals surface area (Å²) < 4.78 is 0. The Morgan fingerprint density at radius 2 is 1.67 bits per heavy atom. The molecule has 0 aliphatic rings. The maximum absolute atomic E-state index is 12.5. The fraction of sp³-hybridized carbons (Fsp3) is 0.364. The van der Waals surface area contributed by atoms with Crippen molar-refractivity contribution in [3.05, 3.63) is 65.7 Å². The van der Waals surface area contributed by atoms with E-state index in [1.54, 1.807) is 17.8 Å². The van der Waals surface area contributed by atoms with Gasteiger partial charge < -0.3 is 10.6 Å². The zero-order valence-electron chi connectivity index (χ0n) is 16.2. The van der Waals surface area contributed by atoms with Crippen molar-refractivity contribution in [1.82, 2.24) is 10.6 Å². The van der Waals surface area contributed by atoms with Crippen LogP contribution in [0.3, 0.4) is 0 Å². The molecule has 0 aliphatic carbocycles. The second kappa shape index (κ2) is 10.8. The number of carbonyl (C=O) groups excluding carboxylic acids is 2. The van der Waals surface area contributed by atoms with Gasteiger partial charge in [-0.2, -0.15) is 0 Å². The van der Waals surface area contributed by atoms with E-state index < -0.39 is 6.04 Å². The van der Waals surface area contributed by atoms with Crippen LogP contribution in [-0.2, 0) is 4.79 Å². The molecule has 0 radical (unpaired) electrons. The highest BCUT2D eigenvalue weighted by molar-refractivity contribution is 7.99. The molecule has 0 aromatic heterocycles. The monoisotopic (exact) mass is 384 g/mol. The first-order valence-corrected chi connectivity index (χ1v) is 10.3. The van der Waals surface area contributed by atoms with Gasteiger partial charge in [0.05, 0.1) is 0 Å². The molecule has 1 unspecified atom stereocenters. The Kier molecular flexibility index (Phi) is 8.40. The number of benzene rings is 2. The van der Waals surface area contributed by atoms with Gasteiger partial charge in [0, 0.05) is 17.0 Å². The van der Waals surface area contributed by atoms with Crippen LogP contribution in [0.25, 0.3) is 0 Å². The second-order valence-electron chi connectivity index (χ2n) is 6.82. The third-order valence-electron chi connectivity index (χ3n) is 4.26. The first-order chi connectivity index (χ1) is 13.0. The Bertz CT molecular complexity index is 747. The zero-order chi connectivity index (χ0) is 19.6. The molecule has 27 heavy (non-hydrogen) atoms. The largest absolute Gasteiger partial charge is 0.354 e. The predicted molar refractivity (Wildman–Crippen MR) is 112 cm³/mol. The molecule has 0 heterocycles. The number of hydrogen-bond donors (Lipinski definition) is 2. The van der Waals surface area contributed by atoms with Gasteiger partial charge in [-0.05, 0) is 48.8 Å². The van der Waals surface area contributed by atoms with Crippen molar-refractivity contribution in [3.63, 3.8) is 0 Å². The van der Waals surface area contributed by atoms with Crippen LogP contribution in [0.4, 0.5) is 0 Å². The van der Waals surface area contributed by atoms with Crippen LogP contribution >= 0.6 is 11.8 Å². The van der Waals surface area contributed by atoms with E-state index in [0.29, 0.717) is 12.1 Å². The lowest BCUT2D eigenvalue weighted by atomic mass is 10.0. The van der Waals surface area contributed by atoms with Gasteiger partial charge in [0.25, 0.3) is 5.91 Å². The standard InChI is InChI=1S/C22H28N2O2S/c1-16(2)20(24-21(25)19-13-8-7-10-17(19)3)22(26)23-14-9-15-27-18-11-5-4-6-12-18/h4-8,10-13,16,20H,9,14-15H2,1-3H3,(H,23,26)(H,24,25). The molecule has 0 saturated carbocycles. The number of hydrogen-bond acceptors (Lipinski definition) is 3. The van der Waals surface area contributed by atoms with E-state index in [0.717, 1.165) is 17.7 Å². The maximum Gasteiger partial charge on any atom is 0.252 e. The van der Waals surface area contributed by atoms with Crippen molar-refractivity contribution >= 4 is 23.6 Å². The molecule has 2 aromatic rings. The van der Waals surface area contributed by atoms with Crippen molar-refractivity contribution in [1.29, 1.82) is 0 Å². The lowest BCUT2D eigenvalue weighted by Gasteiger charge is -2.22. The van der Waals surface area contributed by atoms with E-state index in [4.69, 9.17) is 0 Å². The van der Waals surface area contributed by atoms with Crippen molar-refractivity contribution in [2.24, 2.45) is 5.92 Å². The number of aryl methyl sites for hydroxylation is 1. The Hall–Kier alpha value is -2.27. The fourth-order valence-electron chi connectivity index (χ4n) is 2.68. The van der Waals surface area contributed by atoms with Crippen LogP contribution in [-0.4, -0.2) is 30.2 Å². The third kappa shape index (κ3) is 6.75. The van der Waals surface area contributed by atoms with E-state index in [-0.39, 0.29) is 17.7 Å². The minimum absolute atomic E-state index is 0.0108. The minimum atomic E-state index is -0.543. The highest BCUT2D eigenvalue weighted by Crippen LogP contribution is 2.17. The summed E-state index contributed by atoms with van der Waals surface area (Å²) in [6.45, 7) is 6.37. The van der Waals surface area contributed by atoms with E-state index in [2.05, 4.69) is 22.8 Å². The van der Waals surface area contributed by atoms with E-state index in [9.17, 15) is 9.59 Å². The van der Waals surface area contributed by atoms with Gasteiger partial charge in [0.1, 0.15) is 6.04 Å². The Morgan fingerprint density at radius 1 is 1.00 bits per heavy atom. The van der Waals surface area contributed by atoms with Crippen molar-refractivity contribution in [2.45, 2.75) is 38.1 Å². The Balaban J connectivity index is 1.80. The molecule has 1 atom stereocenters. The van der Waals surface area contributed by atoms with Gasteiger partial charge in [0.2, 0.25) is 5.91 Å². The van der Waals surface area contributed by atoms with E-state index in [1.165, 1.54) is 4.90 Å². The molecule has 2 amide bonds. The van der Waals surface area contributed by atoms with E-state index in [1.807, 2.05) is 57.2 Å². The topological polar surface area (TPSA) is 58.2 Å². The van der Waals surface area contributed by atoms with Gasteiger partial charge in [0.15, 0.2) is 0 Å². The molecule has 0 bridgehead atoms. The summed E-state index contributed by atoms with van der Waals surface area (Å²) in [4.78, 5) is 26.3. The number of carbonyl (C=O) groups is 2. The average Bonchev–Trinajstić information content (AvgIpc) is 2.66. The van der Waals surface area contributed by atoms with Crippen molar-refractivity contribution < 1.29 is 9.59 Å². The van der Waals surface area contributed by atoms with Crippen LogP contribution in [0, 0.1) is 12.8 Å². The van der Waals surface area contributed by atoms with E-state index >= 15 is 0 Å². The molecule has 144 valence electrons. The molecule has 0 saturated heterocycles. The lowest BCUT2D eigenvalue weighted by molar-refractivity contribution is -0.123. The summed E-state index contributed by atoms with van der Waals surface area (Å²) in [7, 11) is 0. The smallest absolute Gasteiger partial charge is 0.252 e. The molecule has 2 N–H and O–H groups in total. The lowest BCUT2D eigenvalue weighted by Crippen LogP contribution is -2.50. The van der Waals surface area contributed by atoms with Crippen LogP contribution < -0.4 is 10.6 Å². The summed E-state index contributed by atoms with van der Waals surface area (Å²) in [6, 6.07) is 17.1. The molecular weight excluding hydrogens is 356 g/mol. The molecule has 0 spiro atoms. The number of nitrogens with one attached hydrogen (secondary N) is 2. The minimum Gasteiger partial charge on any atom is -0.354 e. The van der Waals surface area contributed by atoms with Gasteiger partial charge >= 0.3 is 0 Å². The maximum atomic E-state index is 12.5. The van der Waals surface area contributed by atoms with Crippen LogP contribution in [0.2, 0.25) is 0 Å². The number of amides is 2. The normalized spacial score (nSPS) is 11.9. The highest BCUT2D eigenvalue weighted by atomic mass is 32.2. The predicted octanol–water partition coefficient (Wildman–Crippen LogP) is 4.05. The summed E-state index contributed by atoms with van der Waals surface area (Å²) in [6.07, 6.45) is 0.877. The molecule has 2 rings (SSSR count). The third-order valence-corrected chi connectivity index (χ3v) is 5.36. The van der Waals surface area contributed by atoms with Gasteiger partial charge in [-0.15, -0.1) is 11.8 Å². The fourth-order valence-corrected chi connectivity index (χ4v) is 3.56. The molecule has 2 aromatic carbocycles. The molecule has 0 fully saturated rings. The zero-order valence-corrected chi connectivity index (χ0v) is 17.0. The summed E-state index contributed by atoms with van der Waals surface area (Å²) in [5, 5.41) is 5.84. The van der Waals surface area contributed by atoms with Crippen LogP contribution in [0.1, 0.15) is 36.2 Å². The van der Waals surface area contributed by atoms with Crippen LogP contribution in [0.5, 0.6) is 0 Å². The van der Waals surface area contributed by atoms with Crippen LogP contribution in [0.15, 0.2) is 59.5 Å². The molecular formula is C22H28N2O2S. The van der Waals surface area contributed by atoms with Crippen molar-refractivity contribution in [2.75, 3.05) is 12.3 Å². The summed E-state index contributed by atoms with van der Waals surface area (Å²) in [5.74, 6) is 0.613. The first-order valence-electron chi connectivity index (χ1n) is 9.31. The Labute approximate surface area is 166 Å². The molecule has 0 aliphatic heterocycles. The van der Waals surface area contributed by atoms with Gasteiger partial charge in [-0.25, -0.2) is 0 Å². The van der Waals surface area contributed by atoms with Gasteiger partial charge in [-0.3, -0.25) is 9.59 Å². The summed E-state index contributed by atoms with van der Waals surface area (Å²) >= 11 is 1.78. The number of thioether (sulfide) groups is 1. The average molecular weight is 385 g/mol. The molecule has 5 heteroatoms. The van der Waals surface area contributed by atoms with Gasteiger partial charge in [-0.1, -0.05) is 50.2 Å². The highest BCUT2D eigenvalue weighted by Gasteiger charge is 2.24. The molecule has 4 nitrogen and oxygen atoms in total. The second-order valence-corrected chi connectivity index (χ2v) is 7.98. The van der Waals surface area contributed by atoms with Crippen molar-refractivity contribution in [3.8, 4) is 0 Å². The Morgan fingerprint density at radius 3 is 2.33 bits per heavy atom. The summed E-state index contributed by atoms with van der Waals surface area (Å²) in [5.41, 5.74) is 1.51. The quantitative estimate of drug-likeness (QED) is 0.507. The SMILES string of the molecule is Cc1ccccc1C(=O)NC(C(=O)NCCCSc1ccccc1)C(C)C. The number of rotatable bonds is 9. The first kappa shape index (κ1) is 21.0.